The van der Waals surface area contributed by atoms with E-state index >= 15 is 0 Å². The Bertz CT molecular complexity index is 441. The number of urea groups is 1. The number of hydrogen-bond donors (Lipinski definition) is 1. The van der Waals surface area contributed by atoms with Crippen LogP contribution in [0.2, 0.25) is 0 Å². The van der Waals surface area contributed by atoms with E-state index in [4.69, 9.17) is 0 Å². The third-order valence-corrected chi connectivity index (χ3v) is 3.78. The van der Waals surface area contributed by atoms with E-state index in [1.165, 1.54) is 5.56 Å². The molecule has 4 nitrogen and oxygen atoms in total. The minimum atomic E-state index is 0.0811. The molecule has 1 atom stereocenters. The molecule has 0 saturated carbocycles. The van der Waals surface area contributed by atoms with Crippen molar-refractivity contribution in [2.75, 3.05) is 32.1 Å². The largest absolute Gasteiger partial charge is 0.324 e. The van der Waals surface area contributed by atoms with Gasteiger partial charge in [0.2, 0.25) is 0 Å². The fourth-order valence-corrected chi connectivity index (χ4v) is 2.45. The summed E-state index contributed by atoms with van der Waals surface area (Å²) in [4.78, 5) is 15.9. The van der Waals surface area contributed by atoms with Crippen LogP contribution < -0.4 is 10.2 Å². The molecule has 0 radical (unpaired) electrons. The summed E-state index contributed by atoms with van der Waals surface area (Å²) in [6.45, 7) is 5.92. The second kappa shape index (κ2) is 5.61. The Morgan fingerprint density at radius 3 is 2.47 bits per heavy atom. The van der Waals surface area contributed by atoms with Crippen molar-refractivity contribution < 1.29 is 4.79 Å². The van der Waals surface area contributed by atoms with Gasteiger partial charge in [0.05, 0.1) is 6.04 Å². The first kappa shape index (κ1) is 13.9. The minimum Gasteiger partial charge on any atom is -0.321 e. The van der Waals surface area contributed by atoms with Gasteiger partial charge in [0, 0.05) is 25.8 Å². The van der Waals surface area contributed by atoms with Crippen LogP contribution in [0, 0.1) is 0 Å². The maximum Gasteiger partial charge on any atom is 0.324 e. The van der Waals surface area contributed by atoms with Crippen LogP contribution in [0.1, 0.15) is 25.3 Å². The van der Waals surface area contributed by atoms with E-state index in [0.717, 1.165) is 18.8 Å². The van der Waals surface area contributed by atoms with E-state index in [9.17, 15) is 4.79 Å². The Hall–Kier alpha value is -1.55. The average molecular weight is 261 g/mol. The van der Waals surface area contributed by atoms with Gasteiger partial charge in [0.25, 0.3) is 0 Å². The number of nitrogens with zero attached hydrogens (tertiary/aromatic N) is 2. The topological polar surface area (TPSA) is 35.6 Å². The Balaban J connectivity index is 2.16. The van der Waals surface area contributed by atoms with Crippen molar-refractivity contribution in [2.45, 2.75) is 25.8 Å². The van der Waals surface area contributed by atoms with Gasteiger partial charge >= 0.3 is 6.03 Å². The number of hydrogen-bond acceptors (Lipinski definition) is 2. The van der Waals surface area contributed by atoms with Crippen molar-refractivity contribution in [1.29, 1.82) is 0 Å². The molecule has 2 rings (SSSR count). The van der Waals surface area contributed by atoms with Crippen LogP contribution in [0.4, 0.5) is 10.5 Å². The normalized spacial score (nSPS) is 19.6. The molecule has 4 heteroatoms. The lowest BCUT2D eigenvalue weighted by molar-refractivity contribution is 0.218. The molecule has 0 aromatic heterocycles. The highest BCUT2D eigenvalue weighted by Crippen LogP contribution is 2.24. The van der Waals surface area contributed by atoms with Crippen LogP contribution in [-0.4, -0.2) is 44.2 Å². The molecular formula is C15H23N3O. The van der Waals surface area contributed by atoms with Gasteiger partial charge in [0.15, 0.2) is 0 Å². The van der Waals surface area contributed by atoms with E-state index in [0.29, 0.717) is 5.92 Å². The van der Waals surface area contributed by atoms with Crippen LogP contribution in [0.5, 0.6) is 0 Å². The summed E-state index contributed by atoms with van der Waals surface area (Å²) in [5.74, 6) is 0.517. The van der Waals surface area contributed by atoms with Crippen LogP contribution in [0.3, 0.4) is 0 Å². The zero-order valence-electron chi connectivity index (χ0n) is 12.2. The fourth-order valence-electron chi connectivity index (χ4n) is 2.45. The molecule has 1 fully saturated rings. The Labute approximate surface area is 115 Å². The van der Waals surface area contributed by atoms with Crippen molar-refractivity contribution in [3.63, 3.8) is 0 Å². The molecule has 2 amide bonds. The monoisotopic (exact) mass is 261 g/mol. The van der Waals surface area contributed by atoms with Crippen molar-refractivity contribution in [3.8, 4) is 0 Å². The van der Waals surface area contributed by atoms with E-state index in [2.05, 4.69) is 31.3 Å². The maximum atomic E-state index is 12.2. The molecule has 1 aliphatic heterocycles. The van der Waals surface area contributed by atoms with Crippen LogP contribution in [0.15, 0.2) is 24.3 Å². The first-order chi connectivity index (χ1) is 9.04. The SMILES string of the molecule is CNCC1CN(c2ccc(C(C)C)cc2)C(=O)N1C. The van der Waals surface area contributed by atoms with Gasteiger partial charge in [-0.25, -0.2) is 4.79 Å². The molecular weight excluding hydrogens is 238 g/mol. The Morgan fingerprint density at radius 2 is 1.95 bits per heavy atom. The lowest BCUT2D eigenvalue weighted by atomic mass is 10.0. The van der Waals surface area contributed by atoms with E-state index in [-0.39, 0.29) is 12.1 Å². The van der Waals surface area contributed by atoms with Crippen molar-refractivity contribution in [1.82, 2.24) is 10.2 Å². The van der Waals surface area contributed by atoms with Crippen molar-refractivity contribution >= 4 is 11.7 Å². The summed E-state index contributed by atoms with van der Waals surface area (Å²) < 4.78 is 0. The predicted molar refractivity (Wildman–Crippen MR) is 78.8 cm³/mol. The fraction of sp³-hybridized carbons (Fsp3) is 0.533. The first-order valence-corrected chi connectivity index (χ1v) is 6.83. The van der Waals surface area contributed by atoms with Crippen LogP contribution >= 0.6 is 0 Å². The number of carbonyl (C=O) groups excluding carboxylic acids is 1. The highest BCUT2D eigenvalue weighted by atomic mass is 16.2. The summed E-state index contributed by atoms with van der Waals surface area (Å²) >= 11 is 0. The molecule has 19 heavy (non-hydrogen) atoms. The van der Waals surface area contributed by atoms with E-state index in [1.54, 1.807) is 0 Å². The zero-order valence-corrected chi connectivity index (χ0v) is 12.2. The molecule has 1 N–H and O–H groups in total. The second-order valence-corrected chi connectivity index (χ2v) is 5.46. The van der Waals surface area contributed by atoms with Crippen LogP contribution in [-0.2, 0) is 0 Å². The molecule has 1 aromatic rings. The zero-order chi connectivity index (χ0) is 14.0. The molecule has 1 saturated heterocycles. The maximum absolute atomic E-state index is 12.2. The first-order valence-electron chi connectivity index (χ1n) is 6.83. The number of likely N-dealkylation sites (N-methyl/N-ethyl adjacent to an activating group) is 2. The minimum absolute atomic E-state index is 0.0811. The smallest absolute Gasteiger partial charge is 0.321 e. The van der Waals surface area contributed by atoms with Gasteiger partial charge < -0.3 is 10.2 Å². The van der Waals surface area contributed by atoms with Crippen LogP contribution in [0.25, 0.3) is 0 Å². The molecule has 1 aromatic carbocycles. The molecule has 1 aliphatic rings. The summed E-state index contributed by atoms with van der Waals surface area (Å²) in [5.41, 5.74) is 2.29. The quantitative estimate of drug-likeness (QED) is 0.902. The summed E-state index contributed by atoms with van der Waals surface area (Å²) in [6.07, 6.45) is 0. The standard InChI is InChI=1S/C15H23N3O/c1-11(2)12-5-7-13(8-6-12)18-10-14(9-16-3)17(4)15(18)19/h5-8,11,14,16H,9-10H2,1-4H3. The highest BCUT2D eigenvalue weighted by molar-refractivity contribution is 5.94. The van der Waals surface area contributed by atoms with Crippen molar-refractivity contribution in [3.05, 3.63) is 29.8 Å². The number of rotatable bonds is 4. The van der Waals surface area contributed by atoms with Crippen molar-refractivity contribution in [2.24, 2.45) is 0 Å². The third kappa shape index (κ3) is 2.73. The third-order valence-electron chi connectivity index (χ3n) is 3.78. The number of amides is 2. The van der Waals surface area contributed by atoms with Gasteiger partial charge in [-0.2, -0.15) is 0 Å². The number of benzene rings is 1. The number of anilines is 1. The number of nitrogens with one attached hydrogen (secondary N) is 1. The molecule has 1 heterocycles. The molecule has 0 bridgehead atoms. The lowest BCUT2D eigenvalue weighted by Crippen LogP contribution is -2.37. The van der Waals surface area contributed by atoms with E-state index in [1.807, 2.05) is 36.0 Å². The second-order valence-electron chi connectivity index (χ2n) is 5.46. The molecule has 104 valence electrons. The lowest BCUT2D eigenvalue weighted by Gasteiger charge is -2.17. The Kier molecular flexibility index (Phi) is 4.10. The number of carbonyl (C=O) groups is 1. The van der Waals surface area contributed by atoms with E-state index < -0.39 is 0 Å². The predicted octanol–water partition coefficient (Wildman–Crippen LogP) is 2.27. The molecule has 0 spiro atoms. The average Bonchev–Trinajstić information content (AvgIpc) is 2.68. The van der Waals surface area contributed by atoms with Gasteiger partial charge in [-0.3, -0.25) is 4.90 Å². The summed E-state index contributed by atoms with van der Waals surface area (Å²) in [7, 11) is 3.78. The summed E-state index contributed by atoms with van der Waals surface area (Å²) in [5, 5.41) is 3.14. The van der Waals surface area contributed by atoms with Gasteiger partial charge in [-0.1, -0.05) is 26.0 Å². The van der Waals surface area contributed by atoms with Gasteiger partial charge in [0.1, 0.15) is 0 Å². The highest BCUT2D eigenvalue weighted by Gasteiger charge is 2.34. The van der Waals surface area contributed by atoms with Gasteiger partial charge in [-0.05, 0) is 30.7 Å². The molecule has 0 aliphatic carbocycles. The summed E-state index contributed by atoms with van der Waals surface area (Å²) in [6, 6.07) is 8.63. The molecule has 1 unspecified atom stereocenters. The Morgan fingerprint density at radius 1 is 1.32 bits per heavy atom. The van der Waals surface area contributed by atoms with Gasteiger partial charge in [-0.15, -0.1) is 0 Å².